The van der Waals surface area contributed by atoms with Crippen LogP contribution >= 0.6 is 0 Å². The molecule has 0 aromatic heterocycles. The number of hydrogen-bond donors (Lipinski definition) is 3. The number of hydrogen-bond acceptors (Lipinski definition) is 4. The average Bonchev–Trinajstić information content (AvgIpc) is 2.85. The molecule has 3 N–H and O–H groups in total. The van der Waals surface area contributed by atoms with E-state index in [1.807, 2.05) is 0 Å². The van der Waals surface area contributed by atoms with Gasteiger partial charge in [-0.2, -0.15) is 0 Å². The summed E-state index contributed by atoms with van der Waals surface area (Å²) in [4.78, 5) is 34.2. The van der Waals surface area contributed by atoms with Crippen molar-refractivity contribution in [3.8, 4) is 5.75 Å². The average molecular weight is 278 g/mol. The Hall–Kier alpha value is -2.57. The molecular weight excluding hydrogens is 264 g/mol. The van der Waals surface area contributed by atoms with Gasteiger partial charge in [-0.25, -0.2) is 4.79 Å². The summed E-state index contributed by atoms with van der Waals surface area (Å²) in [5.41, 5.74) is 0.103. The number of carbonyl (C=O) groups excluding carboxylic acids is 2. The maximum Gasteiger partial charge on any atom is 0.337 e. The molecule has 1 atom stereocenters. The van der Waals surface area contributed by atoms with Crippen molar-refractivity contribution >= 4 is 23.5 Å². The second-order valence-electron chi connectivity index (χ2n) is 4.36. The third-order valence-corrected chi connectivity index (χ3v) is 3.03. The molecule has 20 heavy (non-hydrogen) atoms. The Balaban J connectivity index is 2.18. The molecular formula is C13H14N2O5. The summed E-state index contributed by atoms with van der Waals surface area (Å²) in [5, 5.41) is 14.2. The number of benzene rings is 1. The van der Waals surface area contributed by atoms with Crippen molar-refractivity contribution in [2.75, 3.05) is 12.4 Å². The number of aromatic carboxylic acids is 1. The minimum Gasteiger partial charge on any atom is -0.497 e. The van der Waals surface area contributed by atoms with Gasteiger partial charge in [0.1, 0.15) is 11.8 Å². The number of carbonyl (C=O) groups is 3. The highest BCUT2D eigenvalue weighted by atomic mass is 16.5. The fourth-order valence-electron chi connectivity index (χ4n) is 1.97. The van der Waals surface area contributed by atoms with Crippen LogP contribution in [0.5, 0.6) is 5.75 Å². The molecule has 0 aliphatic carbocycles. The Morgan fingerprint density at radius 2 is 2.20 bits per heavy atom. The molecule has 2 amide bonds. The lowest BCUT2D eigenvalue weighted by Gasteiger charge is -2.13. The first kappa shape index (κ1) is 13.9. The second kappa shape index (κ2) is 5.60. The number of ether oxygens (including phenoxy) is 1. The third-order valence-electron chi connectivity index (χ3n) is 3.03. The summed E-state index contributed by atoms with van der Waals surface area (Å²) in [5.74, 6) is -1.40. The lowest BCUT2D eigenvalue weighted by Crippen LogP contribution is -2.37. The second-order valence-corrected chi connectivity index (χ2v) is 4.36. The van der Waals surface area contributed by atoms with Crippen LogP contribution in [0, 0.1) is 0 Å². The number of carboxylic acid groups (broad SMARTS) is 1. The van der Waals surface area contributed by atoms with Gasteiger partial charge >= 0.3 is 5.97 Å². The van der Waals surface area contributed by atoms with E-state index in [1.54, 1.807) is 6.07 Å². The molecule has 1 aromatic carbocycles. The van der Waals surface area contributed by atoms with Crippen molar-refractivity contribution in [1.29, 1.82) is 0 Å². The quantitative estimate of drug-likeness (QED) is 0.748. The lowest BCUT2D eigenvalue weighted by molar-refractivity contribution is -0.122. The van der Waals surface area contributed by atoms with Crippen LogP contribution in [-0.2, 0) is 9.59 Å². The van der Waals surface area contributed by atoms with Gasteiger partial charge in [0.2, 0.25) is 11.8 Å². The number of anilines is 1. The molecule has 0 spiro atoms. The first-order valence-corrected chi connectivity index (χ1v) is 6.03. The number of carboxylic acids is 1. The summed E-state index contributed by atoms with van der Waals surface area (Å²) in [7, 11) is 1.42. The van der Waals surface area contributed by atoms with Gasteiger partial charge in [-0.3, -0.25) is 9.59 Å². The number of amides is 2. The van der Waals surface area contributed by atoms with Crippen LogP contribution in [-0.4, -0.2) is 36.0 Å². The van der Waals surface area contributed by atoms with E-state index in [9.17, 15) is 14.4 Å². The van der Waals surface area contributed by atoms with E-state index in [-0.39, 0.29) is 17.2 Å². The topological polar surface area (TPSA) is 105 Å². The van der Waals surface area contributed by atoms with E-state index >= 15 is 0 Å². The highest BCUT2D eigenvalue weighted by Gasteiger charge is 2.28. The molecule has 0 bridgehead atoms. The van der Waals surface area contributed by atoms with Gasteiger partial charge in [0, 0.05) is 6.42 Å². The maximum atomic E-state index is 11.9. The van der Waals surface area contributed by atoms with Gasteiger partial charge in [-0.1, -0.05) is 0 Å². The highest BCUT2D eigenvalue weighted by Crippen LogP contribution is 2.22. The molecule has 1 aromatic rings. The summed E-state index contributed by atoms with van der Waals surface area (Å²) in [6, 6.07) is 3.71. The Morgan fingerprint density at radius 3 is 2.75 bits per heavy atom. The molecule has 0 saturated carbocycles. The minimum atomic E-state index is -1.17. The van der Waals surface area contributed by atoms with Crippen LogP contribution in [0.2, 0.25) is 0 Å². The van der Waals surface area contributed by atoms with E-state index in [1.165, 1.54) is 19.2 Å². The fraction of sp³-hybridized carbons (Fsp3) is 0.308. The van der Waals surface area contributed by atoms with Crippen LogP contribution in [0.4, 0.5) is 5.69 Å². The molecule has 7 heteroatoms. The van der Waals surface area contributed by atoms with Crippen LogP contribution < -0.4 is 15.4 Å². The SMILES string of the molecule is COc1ccc(NC(=O)[C@H]2CCC(=O)N2)c(C(=O)O)c1. The summed E-state index contributed by atoms with van der Waals surface area (Å²) in [6.45, 7) is 0. The molecule has 0 unspecified atom stereocenters. The maximum absolute atomic E-state index is 11.9. The molecule has 0 radical (unpaired) electrons. The Bertz CT molecular complexity index is 570. The predicted molar refractivity (Wildman–Crippen MR) is 69.7 cm³/mol. The van der Waals surface area contributed by atoms with E-state index in [0.29, 0.717) is 18.6 Å². The smallest absolute Gasteiger partial charge is 0.337 e. The standard InChI is InChI=1S/C13H14N2O5/c1-20-7-2-3-9(8(6-7)13(18)19)15-12(17)10-4-5-11(16)14-10/h2-3,6,10H,4-5H2,1H3,(H,14,16)(H,15,17)(H,18,19)/t10-/m1/s1. The van der Waals surface area contributed by atoms with E-state index in [2.05, 4.69) is 10.6 Å². The highest BCUT2D eigenvalue weighted by molar-refractivity contribution is 6.04. The normalized spacial score (nSPS) is 17.4. The van der Waals surface area contributed by atoms with Gasteiger partial charge in [-0.15, -0.1) is 0 Å². The van der Waals surface area contributed by atoms with Gasteiger partial charge in [-0.05, 0) is 24.6 Å². The largest absolute Gasteiger partial charge is 0.497 e. The van der Waals surface area contributed by atoms with Crippen LogP contribution in [0.15, 0.2) is 18.2 Å². The summed E-state index contributed by atoms with van der Waals surface area (Å²) in [6.07, 6.45) is 0.704. The molecule has 1 heterocycles. The van der Waals surface area contributed by atoms with Gasteiger partial charge in [0.05, 0.1) is 18.4 Å². The first-order valence-electron chi connectivity index (χ1n) is 6.03. The van der Waals surface area contributed by atoms with E-state index < -0.39 is 17.9 Å². The predicted octanol–water partition coefficient (Wildman–Crippen LogP) is 0.610. The Labute approximate surface area is 114 Å². The number of nitrogens with one attached hydrogen (secondary N) is 2. The van der Waals surface area contributed by atoms with Crippen LogP contribution in [0.1, 0.15) is 23.2 Å². The molecule has 7 nitrogen and oxygen atoms in total. The molecule has 1 saturated heterocycles. The van der Waals surface area contributed by atoms with Crippen LogP contribution in [0.3, 0.4) is 0 Å². The van der Waals surface area contributed by atoms with Crippen molar-refractivity contribution in [2.24, 2.45) is 0 Å². The molecule has 1 fully saturated rings. The summed E-state index contributed by atoms with van der Waals surface area (Å²) >= 11 is 0. The Morgan fingerprint density at radius 1 is 1.45 bits per heavy atom. The van der Waals surface area contributed by atoms with Crippen molar-refractivity contribution in [1.82, 2.24) is 5.32 Å². The zero-order valence-corrected chi connectivity index (χ0v) is 10.8. The van der Waals surface area contributed by atoms with Gasteiger partial charge in [0.25, 0.3) is 0 Å². The molecule has 1 aliphatic rings. The van der Waals surface area contributed by atoms with Crippen molar-refractivity contribution < 1.29 is 24.2 Å². The fourth-order valence-corrected chi connectivity index (χ4v) is 1.97. The van der Waals surface area contributed by atoms with Crippen LogP contribution in [0.25, 0.3) is 0 Å². The molecule has 106 valence electrons. The zero-order valence-electron chi connectivity index (χ0n) is 10.8. The zero-order chi connectivity index (χ0) is 14.7. The van der Waals surface area contributed by atoms with Crippen molar-refractivity contribution in [3.63, 3.8) is 0 Å². The number of rotatable bonds is 4. The third kappa shape index (κ3) is 2.87. The van der Waals surface area contributed by atoms with E-state index in [4.69, 9.17) is 9.84 Å². The first-order chi connectivity index (χ1) is 9.51. The van der Waals surface area contributed by atoms with Gasteiger partial charge in [0.15, 0.2) is 0 Å². The monoisotopic (exact) mass is 278 g/mol. The summed E-state index contributed by atoms with van der Waals surface area (Å²) < 4.78 is 4.95. The lowest BCUT2D eigenvalue weighted by atomic mass is 10.1. The van der Waals surface area contributed by atoms with E-state index in [0.717, 1.165) is 0 Å². The molecule has 1 aliphatic heterocycles. The number of methoxy groups -OCH3 is 1. The van der Waals surface area contributed by atoms with Gasteiger partial charge < -0.3 is 20.5 Å². The molecule has 2 rings (SSSR count). The minimum absolute atomic E-state index is 0.0676. The Kier molecular flexibility index (Phi) is 3.88. The van der Waals surface area contributed by atoms with Crippen molar-refractivity contribution in [3.05, 3.63) is 23.8 Å². The van der Waals surface area contributed by atoms with Crippen molar-refractivity contribution in [2.45, 2.75) is 18.9 Å².